The average molecular weight is 284 g/mol. The van der Waals surface area contributed by atoms with Crippen LogP contribution in [-0.4, -0.2) is 18.0 Å². The lowest BCUT2D eigenvalue weighted by Crippen LogP contribution is -2.00. The number of nitrogens with zero attached hydrogens (tertiary/aromatic N) is 1. The molecule has 0 spiro atoms. The largest absolute Gasteiger partial charge is 0.493 e. The molecule has 19 heavy (non-hydrogen) atoms. The van der Waals surface area contributed by atoms with Crippen molar-refractivity contribution in [3.63, 3.8) is 0 Å². The van der Waals surface area contributed by atoms with E-state index >= 15 is 0 Å². The second kappa shape index (κ2) is 9.68. The number of unbranched alkanes of at least 4 members (excludes halogenated alkanes) is 5. The van der Waals surface area contributed by atoms with Gasteiger partial charge in [0.05, 0.1) is 12.8 Å². The summed E-state index contributed by atoms with van der Waals surface area (Å²) in [5.74, 6) is 0.704. The van der Waals surface area contributed by atoms with E-state index in [-0.39, 0.29) is 0 Å². The molecule has 1 aromatic carbocycles. The Morgan fingerprint density at radius 3 is 2.68 bits per heavy atom. The third-order valence-electron chi connectivity index (χ3n) is 2.92. The lowest BCUT2D eigenvalue weighted by molar-refractivity contribution is 0.302. The Labute approximate surface area is 120 Å². The second-order valence-electron chi connectivity index (χ2n) is 4.54. The van der Waals surface area contributed by atoms with Gasteiger partial charge < -0.3 is 9.94 Å². The molecule has 1 N–H and O–H groups in total. The summed E-state index contributed by atoms with van der Waals surface area (Å²) < 4.78 is 5.69. The van der Waals surface area contributed by atoms with E-state index < -0.39 is 0 Å². The fourth-order valence-corrected chi connectivity index (χ4v) is 2.06. The molecular formula is C15H22ClNO2. The molecule has 0 aliphatic rings. The van der Waals surface area contributed by atoms with Crippen LogP contribution in [0.5, 0.6) is 5.75 Å². The van der Waals surface area contributed by atoms with Crippen molar-refractivity contribution in [1.82, 2.24) is 0 Å². The molecule has 0 saturated carbocycles. The topological polar surface area (TPSA) is 41.8 Å². The number of hydrogen-bond donors (Lipinski definition) is 1. The summed E-state index contributed by atoms with van der Waals surface area (Å²) in [6.45, 7) is 2.90. The van der Waals surface area contributed by atoms with Gasteiger partial charge in [0.15, 0.2) is 0 Å². The molecule has 0 aliphatic heterocycles. The summed E-state index contributed by atoms with van der Waals surface area (Å²) >= 11 is 5.89. The Morgan fingerprint density at radius 2 is 1.95 bits per heavy atom. The summed E-state index contributed by atoms with van der Waals surface area (Å²) in [6.07, 6.45) is 8.73. The van der Waals surface area contributed by atoms with Gasteiger partial charge in [0.25, 0.3) is 0 Å². The van der Waals surface area contributed by atoms with Crippen molar-refractivity contribution >= 4 is 17.8 Å². The Bertz CT molecular complexity index is 394. The van der Waals surface area contributed by atoms with E-state index in [0.29, 0.717) is 22.9 Å². The van der Waals surface area contributed by atoms with Crippen molar-refractivity contribution in [3.8, 4) is 5.75 Å². The maximum Gasteiger partial charge on any atom is 0.128 e. The van der Waals surface area contributed by atoms with Crippen molar-refractivity contribution < 1.29 is 9.94 Å². The number of hydrogen-bond acceptors (Lipinski definition) is 3. The highest BCUT2D eigenvalue weighted by atomic mass is 35.5. The summed E-state index contributed by atoms with van der Waals surface area (Å²) in [7, 11) is 0. The van der Waals surface area contributed by atoms with Crippen LogP contribution in [0.15, 0.2) is 23.4 Å². The van der Waals surface area contributed by atoms with Crippen molar-refractivity contribution in [1.29, 1.82) is 0 Å². The fraction of sp³-hybridized carbons (Fsp3) is 0.533. The van der Waals surface area contributed by atoms with Crippen molar-refractivity contribution in [2.45, 2.75) is 45.4 Å². The van der Waals surface area contributed by atoms with Gasteiger partial charge in [0, 0.05) is 10.6 Å². The van der Waals surface area contributed by atoms with Gasteiger partial charge in [-0.2, -0.15) is 0 Å². The van der Waals surface area contributed by atoms with E-state index in [0.717, 1.165) is 6.42 Å². The van der Waals surface area contributed by atoms with Gasteiger partial charge >= 0.3 is 0 Å². The highest BCUT2D eigenvalue weighted by Gasteiger charge is 2.03. The summed E-state index contributed by atoms with van der Waals surface area (Å²) in [5, 5.41) is 12.2. The number of halogens is 1. The standard InChI is InChI=1S/C15H22ClNO2/c1-2-3-4-5-6-7-10-19-15-9-8-14(16)11-13(15)12-17-18/h8-9,11-12,18H,2-7,10H2,1H3/b17-12+. The molecule has 3 nitrogen and oxygen atoms in total. The Kier molecular flexibility index (Phi) is 8.07. The van der Waals surface area contributed by atoms with Gasteiger partial charge in [-0.15, -0.1) is 0 Å². The zero-order chi connectivity index (χ0) is 13.9. The molecule has 0 heterocycles. The third kappa shape index (κ3) is 6.48. The fourth-order valence-electron chi connectivity index (χ4n) is 1.88. The minimum Gasteiger partial charge on any atom is -0.493 e. The van der Waals surface area contributed by atoms with Crippen molar-refractivity contribution in [2.24, 2.45) is 5.16 Å². The van der Waals surface area contributed by atoms with Crippen LogP contribution < -0.4 is 4.74 Å². The van der Waals surface area contributed by atoms with Gasteiger partial charge in [-0.25, -0.2) is 0 Å². The van der Waals surface area contributed by atoms with Gasteiger partial charge in [-0.05, 0) is 24.6 Å². The lowest BCUT2D eigenvalue weighted by atomic mass is 10.1. The average Bonchev–Trinajstić information content (AvgIpc) is 2.40. The van der Waals surface area contributed by atoms with Crippen LogP contribution in [0.2, 0.25) is 5.02 Å². The number of rotatable bonds is 9. The van der Waals surface area contributed by atoms with Gasteiger partial charge in [0.1, 0.15) is 5.75 Å². The summed E-state index contributed by atoms with van der Waals surface area (Å²) in [5.41, 5.74) is 0.695. The quantitative estimate of drug-likeness (QED) is 0.303. The van der Waals surface area contributed by atoms with Crippen LogP contribution in [0, 0.1) is 0 Å². The predicted octanol–water partition coefficient (Wildman–Crippen LogP) is 4.89. The van der Waals surface area contributed by atoms with Gasteiger partial charge in [0.2, 0.25) is 0 Å². The molecule has 106 valence electrons. The van der Waals surface area contributed by atoms with Crippen LogP contribution in [-0.2, 0) is 0 Å². The number of oxime groups is 1. The SMILES string of the molecule is CCCCCCCCOc1ccc(Cl)cc1/C=N/O. The molecule has 0 aromatic heterocycles. The second-order valence-corrected chi connectivity index (χ2v) is 4.98. The first-order valence-corrected chi connectivity index (χ1v) is 7.25. The highest BCUT2D eigenvalue weighted by Crippen LogP contribution is 2.21. The van der Waals surface area contributed by atoms with Crippen molar-refractivity contribution in [3.05, 3.63) is 28.8 Å². The maximum absolute atomic E-state index is 8.60. The minimum atomic E-state index is 0.599. The molecule has 0 radical (unpaired) electrons. The molecule has 4 heteroatoms. The first kappa shape index (κ1) is 15.8. The van der Waals surface area contributed by atoms with Crippen LogP contribution in [0.4, 0.5) is 0 Å². The summed E-state index contributed by atoms with van der Waals surface area (Å²) in [4.78, 5) is 0. The molecule has 0 amide bonds. The zero-order valence-corrected chi connectivity index (χ0v) is 12.2. The first-order valence-electron chi connectivity index (χ1n) is 6.87. The highest BCUT2D eigenvalue weighted by molar-refractivity contribution is 6.30. The monoisotopic (exact) mass is 283 g/mol. The maximum atomic E-state index is 8.60. The molecule has 0 aliphatic carbocycles. The number of ether oxygens (including phenoxy) is 1. The van der Waals surface area contributed by atoms with Crippen molar-refractivity contribution in [2.75, 3.05) is 6.61 Å². The van der Waals surface area contributed by atoms with Crippen LogP contribution in [0.1, 0.15) is 51.0 Å². The third-order valence-corrected chi connectivity index (χ3v) is 3.16. The van der Waals surface area contributed by atoms with E-state index in [1.165, 1.54) is 38.3 Å². The van der Waals surface area contributed by atoms with E-state index in [1.807, 2.05) is 0 Å². The molecular weight excluding hydrogens is 262 g/mol. The Morgan fingerprint density at radius 1 is 1.21 bits per heavy atom. The molecule has 0 bridgehead atoms. The Balaban J connectivity index is 2.32. The van der Waals surface area contributed by atoms with Gasteiger partial charge in [-0.3, -0.25) is 0 Å². The van der Waals surface area contributed by atoms with Crippen LogP contribution >= 0.6 is 11.6 Å². The van der Waals surface area contributed by atoms with Gasteiger partial charge in [-0.1, -0.05) is 55.8 Å². The summed E-state index contributed by atoms with van der Waals surface area (Å²) in [6, 6.07) is 5.29. The smallest absolute Gasteiger partial charge is 0.128 e. The van der Waals surface area contributed by atoms with E-state index in [9.17, 15) is 0 Å². The van der Waals surface area contributed by atoms with Crippen LogP contribution in [0.3, 0.4) is 0 Å². The van der Waals surface area contributed by atoms with E-state index in [2.05, 4.69) is 12.1 Å². The molecule has 0 atom stereocenters. The minimum absolute atomic E-state index is 0.599. The molecule has 0 saturated heterocycles. The predicted molar refractivity (Wildman–Crippen MR) is 79.7 cm³/mol. The Hall–Kier alpha value is -1.22. The zero-order valence-electron chi connectivity index (χ0n) is 11.4. The normalized spacial score (nSPS) is 11.1. The first-order chi connectivity index (χ1) is 9.27. The molecule has 1 aromatic rings. The number of benzene rings is 1. The van der Waals surface area contributed by atoms with E-state index in [1.54, 1.807) is 18.2 Å². The molecule has 1 rings (SSSR count). The van der Waals surface area contributed by atoms with E-state index in [4.69, 9.17) is 21.5 Å². The molecule has 0 fully saturated rings. The lowest BCUT2D eigenvalue weighted by Gasteiger charge is -2.09. The molecule has 0 unspecified atom stereocenters. The van der Waals surface area contributed by atoms with Crippen LogP contribution in [0.25, 0.3) is 0 Å².